The molecule has 152 valence electrons. The third kappa shape index (κ3) is 3.92. The van der Waals surface area contributed by atoms with E-state index in [1.165, 1.54) is 18.2 Å². The Morgan fingerprint density at radius 3 is 2.45 bits per heavy atom. The summed E-state index contributed by atoms with van der Waals surface area (Å²) in [5.74, 6) is -1.92. The molecule has 0 radical (unpaired) electrons. The van der Waals surface area contributed by atoms with E-state index in [4.69, 9.17) is 0 Å². The zero-order valence-corrected chi connectivity index (χ0v) is 15.5. The minimum Gasteiger partial charge on any atom is -0.350 e. The Kier molecular flexibility index (Phi) is 5.17. The molecule has 0 saturated carbocycles. The number of aromatic nitrogens is 1. The number of rotatable bonds is 3. The second-order valence-corrected chi connectivity index (χ2v) is 7.18. The summed E-state index contributed by atoms with van der Waals surface area (Å²) in [7, 11) is 0. The molecule has 0 bridgehead atoms. The minimum atomic E-state index is -4.46. The summed E-state index contributed by atoms with van der Waals surface area (Å²) in [6.45, 7) is 1.28. The molecule has 0 saturated heterocycles. The maximum absolute atomic E-state index is 14.0. The number of hydrogen-bond acceptors (Lipinski definition) is 1. The third-order valence-corrected chi connectivity index (χ3v) is 5.31. The zero-order valence-electron chi connectivity index (χ0n) is 15.5. The molecule has 1 aromatic heterocycles. The van der Waals surface area contributed by atoms with Gasteiger partial charge in [-0.3, -0.25) is 4.90 Å². The molecule has 1 atom stereocenters. The van der Waals surface area contributed by atoms with Crippen LogP contribution >= 0.6 is 0 Å². The SMILES string of the molecule is Fc1ccc([C@H]2c3cccn3CCCN2Cc2ccccc2C(F)(F)F)cc1F. The zero-order chi connectivity index (χ0) is 20.6. The predicted octanol–water partition coefficient (Wildman–Crippen LogP) is 5.78. The normalized spacial score (nSPS) is 17.8. The highest BCUT2D eigenvalue weighted by Crippen LogP contribution is 2.37. The number of halogens is 5. The Morgan fingerprint density at radius 2 is 1.69 bits per heavy atom. The predicted molar refractivity (Wildman–Crippen MR) is 99.1 cm³/mol. The molecule has 0 aliphatic carbocycles. The fourth-order valence-electron chi connectivity index (χ4n) is 4.03. The summed E-state index contributed by atoms with van der Waals surface area (Å²) < 4.78 is 69.9. The minimum absolute atomic E-state index is 0.0462. The van der Waals surface area contributed by atoms with Gasteiger partial charge in [0.2, 0.25) is 0 Å². The first kappa shape index (κ1) is 19.6. The molecule has 3 aromatic rings. The molecule has 0 unspecified atom stereocenters. The smallest absolute Gasteiger partial charge is 0.350 e. The largest absolute Gasteiger partial charge is 0.416 e. The monoisotopic (exact) mass is 406 g/mol. The van der Waals surface area contributed by atoms with Crippen LogP contribution in [0.5, 0.6) is 0 Å². The Morgan fingerprint density at radius 1 is 0.897 bits per heavy atom. The van der Waals surface area contributed by atoms with E-state index in [-0.39, 0.29) is 12.1 Å². The molecular formula is C22H19F5N2. The summed E-state index contributed by atoms with van der Waals surface area (Å²) in [5, 5.41) is 0. The van der Waals surface area contributed by atoms with Crippen LogP contribution < -0.4 is 0 Å². The fourth-order valence-corrected chi connectivity index (χ4v) is 4.03. The van der Waals surface area contributed by atoms with Gasteiger partial charge in [-0.05, 0) is 47.9 Å². The molecule has 1 aliphatic rings. The van der Waals surface area contributed by atoms with E-state index in [9.17, 15) is 22.0 Å². The molecule has 4 rings (SSSR count). The molecule has 29 heavy (non-hydrogen) atoms. The molecule has 0 fully saturated rings. The molecule has 0 N–H and O–H groups in total. The lowest BCUT2D eigenvalue weighted by Gasteiger charge is -2.31. The summed E-state index contributed by atoms with van der Waals surface area (Å²) >= 11 is 0. The van der Waals surface area contributed by atoms with E-state index in [1.54, 1.807) is 6.07 Å². The van der Waals surface area contributed by atoms with Crippen molar-refractivity contribution in [3.8, 4) is 0 Å². The van der Waals surface area contributed by atoms with Crippen molar-refractivity contribution >= 4 is 0 Å². The molecule has 0 spiro atoms. The van der Waals surface area contributed by atoms with E-state index in [0.717, 1.165) is 30.3 Å². The van der Waals surface area contributed by atoms with Crippen LogP contribution in [0.15, 0.2) is 60.8 Å². The van der Waals surface area contributed by atoms with Crippen LogP contribution in [0.2, 0.25) is 0 Å². The molecule has 0 amide bonds. The van der Waals surface area contributed by atoms with Crippen LogP contribution in [0.25, 0.3) is 0 Å². The molecule has 7 heteroatoms. The van der Waals surface area contributed by atoms with E-state index in [0.29, 0.717) is 18.7 Å². The van der Waals surface area contributed by atoms with E-state index >= 15 is 0 Å². The summed E-state index contributed by atoms with van der Waals surface area (Å²) in [6, 6.07) is 12.4. The van der Waals surface area contributed by atoms with Gasteiger partial charge in [0.25, 0.3) is 0 Å². The standard InChI is InChI=1S/C22H19F5N2/c23-18-9-8-15(13-19(18)24)21-20-7-3-10-28(20)11-4-12-29(21)14-16-5-1-2-6-17(16)22(25,26)27/h1-3,5-10,13,21H,4,11-12,14H2/t21-/m0/s1. The first-order valence-electron chi connectivity index (χ1n) is 9.34. The van der Waals surface area contributed by atoms with E-state index < -0.39 is 29.4 Å². The number of aryl methyl sites for hydroxylation is 1. The van der Waals surface area contributed by atoms with Crippen LogP contribution in [-0.4, -0.2) is 16.0 Å². The highest BCUT2D eigenvalue weighted by molar-refractivity contribution is 5.33. The second-order valence-electron chi connectivity index (χ2n) is 7.18. The van der Waals surface area contributed by atoms with Crippen molar-refractivity contribution in [1.29, 1.82) is 0 Å². The number of nitrogens with zero attached hydrogens (tertiary/aromatic N) is 2. The van der Waals surface area contributed by atoms with Crippen molar-refractivity contribution in [3.63, 3.8) is 0 Å². The van der Waals surface area contributed by atoms with Crippen LogP contribution in [0.3, 0.4) is 0 Å². The van der Waals surface area contributed by atoms with Crippen LogP contribution in [0, 0.1) is 11.6 Å². The van der Waals surface area contributed by atoms with Gasteiger partial charge in [-0.2, -0.15) is 13.2 Å². The van der Waals surface area contributed by atoms with Gasteiger partial charge in [0, 0.05) is 31.5 Å². The lowest BCUT2D eigenvalue weighted by atomic mass is 9.99. The quantitative estimate of drug-likeness (QED) is 0.501. The first-order valence-corrected chi connectivity index (χ1v) is 9.34. The number of fused-ring (bicyclic) bond motifs is 1. The van der Waals surface area contributed by atoms with E-state index in [2.05, 4.69) is 0 Å². The topological polar surface area (TPSA) is 8.17 Å². The molecular weight excluding hydrogens is 387 g/mol. The molecule has 2 aromatic carbocycles. The van der Waals surface area contributed by atoms with Gasteiger partial charge in [0.1, 0.15) is 0 Å². The van der Waals surface area contributed by atoms with Crippen LogP contribution in [0.1, 0.15) is 34.8 Å². The van der Waals surface area contributed by atoms with Crippen molar-refractivity contribution < 1.29 is 22.0 Å². The number of alkyl halides is 3. The van der Waals surface area contributed by atoms with Crippen LogP contribution in [-0.2, 0) is 19.3 Å². The van der Waals surface area contributed by atoms with Gasteiger partial charge in [0.05, 0.1) is 11.6 Å². The summed E-state index contributed by atoms with van der Waals surface area (Å²) in [5.41, 5.74) is 0.837. The van der Waals surface area contributed by atoms with Crippen molar-refractivity contribution in [2.45, 2.75) is 31.7 Å². The summed E-state index contributed by atoms with van der Waals surface area (Å²) in [6.07, 6.45) is -1.83. The van der Waals surface area contributed by atoms with E-state index in [1.807, 2.05) is 27.8 Å². The van der Waals surface area contributed by atoms with Crippen molar-refractivity contribution in [2.24, 2.45) is 0 Å². The van der Waals surface area contributed by atoms with Gasteiger partial charge in [0.15, 0.2) is 11.6 Å². The lowest BCUT2D eigenvalue weighted by molar-refractivity contribution is -0.138. The highest BCUT2D eigenvalue weighted by Gasteiger charge is 2.35. The van der Waals surface area contributed by atoms with Crippen molar-refractivity contribution in [3.05, 3.63) is 94.8 Å². The van der Waals surface area contributed by atoms with Gasteiger partial charge >= 0.3 is 6.18 Å². The molecule has 1 aliphatic heterocycles. The molecule has 2 nitrogen and oxygen atoms in total. The van der Waals surface area contributed by atoms with Gasteiger partial charge in [-0.15, -0.1) is 0 Å². The van der Waals surface area contributed by atoms with Gasteiger partial charge in [-0.25, -0.2) is 8.78 Å². The van der Waals surface area contributed by atoms with Crippen molar-refractivity contribution in [1.82, 2.24) is 9.47 Å². The van der Waals surface area contributed by atoms with Gasteiger partial charge in [-0.1, -0.05) is 24.3 Å². The average Bonchev–Trinajstić information content (AvgIpc) is 3.05. The Labute approximate surface area is 165 Å². The maximum Gasteiger partial charge on any atom is 0.416 e. The Bertz CT molecular complexity index is 1010. The fraction of sp³-hybridized carbons (Fsp3) is 0.273. The maximum atomic E-state index is 14.0. The molecule has 2 heterocycles. The lowest BCUT2D eigenvalue weighted by Crippen LogP contribution is -2.30. The highest BCUT2D eigenvalue weighted by atomic mass is 19.4. The second kappa shape index (κ2) is 7.63. The third-order valence-electron chi connectivity index (χ3n) is 5.31. The average molecular weight is 406 g/mol. The van der Waals surface area contributed by atoms with Crippen molar-refractivity contribution in [2.75, 3.05) is 6.54 Å². The Hall–Kier alpha value is -2.67. The summed E-state index contributed by atoms with van der Waals surface area (Å²) in [4.78, 5) is 1.90. The van der Waals surface area contributed by atoms with Crippen LogP contribution in [0.4, 0.5) is 22.0 Å². The first-order chi connectivity index (χ1) is 13.8. The van der Waals surface area contributed by atoms with Gasteiger partial charge < -0.3 is 4.57 Å². The Balaban J connectivity index is 1.78. The number of hydrogen-bond donors (Lipinski definition) is 0. The number of benzene rings is 2.